The lowest BCUT2D eigenvalue weighted by Crippen LogP contribution is -2.44. The van der Waals surface area contributed by atoms with Gasteiger partial charge in [-0.2, -0.15) is 0 Å². The highest BCUT2D eigenvalue weighted by molar-refractivity contribution is 6.05. The number of ether oxygens (including phenoxy) is 1. The number of halogens is 1. The SMILES string of the molecule is CCc1nc(N[C@@H](CC2CCN2)c2cccc(F)c2)c2cccc(C(=O)OC)c2n1. The maximum absolute atomic E-state index is 13.9. The number of anilines is 1. The Morgan fingerprint density at radius 2 is 2.10 bits per heavy atom. The molecule has 0 saturated carbocycles. The molecule has 1 fully saturated rings. The van der Waals surface area contributed by atoms with E-state index in [1.807, 2.05) is 19.1 Å². The van der Waals surface area contributed by atoms with Crippen LogP contribution in [0.15, 0.2) is 42.5 Å². The number of rotatable bonds is 7. The van der Waals surface area contributed by atoms with E-state index >= 15 is 0 Å². The monoisotopic (exact) mass is 408 g/mol. The molecule has 1 unspecified atom stereocenters. The van der Waals surface area contributed by atoms with E-state index in [0.717, 1.165) is 30.3 Å². The molecule has 30 heavy (non-hydrogen) atoms. The van der Waals surface area contributed by atoms with E-state index in [9.17, 15) is 9.18 Å². The van der Waals surface area contributed by atoms with Gasteiger partial charge in [-0.25, -0.2) is 19.2 Å². The molecule has 156 valence electrons. The summed E-state index contributed by atoms with van der Waals surface area (Å²) in [6.07, 6.45) is 2.51. The summed E-state index contributed by atoms with van der Waals surface area (Å²) in [6.45, 7) is 2.97. The number of fused-ring (bicyclic) bond motifs is 1. The van der Waals surface area contributed by atoms with Crippen LogP contribution in [0.25, 0.3) is 10.9 Å². The van der Waals surface area contributed by atoms with E-state index in [0.29, 0.717) is 35.2 Å². The number of hydrogen-bond acceptors (Lipinski definition) is 6. The molecule has 3 aromatic rings. The third-order valence-electron chi connectivity index (χ3n) is 5.50. The molecule has 1 aromatic heterocycles. The van der Waals surface area contributed by atoms with Gasteiger partial charge in [0.2, 0.25) is 0 Å². The Kier molecular flexibility index (Phi) is 5.90. The molecule has 2 heterocycles. The molecule has 2 aromatic carbocycles. The molecule has 1 saturated heterocycles. The topological polar surface area (TPSA) is 76.1 Å². The number of hydrogen-bond donors (Lipinski definition) is 2. The highest BCUT2D eigenvalue weighted by atomic mass is 19.1. The van der Waals surface area contributed by atoms with E-state index in [4.69, 9.17) is 9.72 Å². The van der Waals surface area contributed by atoms with E-state index < -0.39 is 5.97 Å². The Balaban J connectivity index is 1.78. The van der Waals surface area contributed by atoms with Crippen LogP contribution in [0, 0.1) is 5.82 Å². The summed E-state index contributed by atoms with van der Waals surface area (Å²) in [5.74, 6) is 0.556. The Labute approximate surface area is 174 Å². The zero-order valence-corrected chi connectivity index (χ0v) is 17.1. The van der Waals surface area contributed by atoms with Crippen molar-refractivity contribution in [1.29, 1.82) is 0 Å². The van der Waals surface area contributed by atoms with Crippen molar-refractivity contribution in [3.05, 3.63) is 65.2 Å². The summed E-state index contributed by atoms with van der Waals surface area (Å²) in [5, 5.41) is 7.66. The molecule has 0 aliphatic carbocycles. The summed E-state index contributed by atoms with van der Waals surface area (Å²) in [6, 6.07) is 12.3. The Hall–Kier alpha value is -3.06. The van der Waals surface area contributed by atoms with Crippen LogP contribution in [-0.4, -0.2) is 35.6 Å². The van der Waals surface area contributed by atoms with E-state index in [1.54, 1.807) is 24.3 Å². The lowest BCUT2D eigenvalue weighted by Gasteiger charge is -2.32. The fourth-order valence-electron chi connectivity index (χ4n) is 3.74. The molecule has 1 aliphatic rings. The fourth-order valence-corrected chi connectivity index (χ4v) is 3.74. The first kappa shape index (κ1) is 20.2. The Morgan fingerprint density at radius 1 is 1.30 bits per heavy atom. The average molecular weight is 408 g/mol. The van der Waals surface area contributed by atoms with Gasteiger partial charge in [-0.1, -0.05) is 25.1 Å². The first-order valence-electron chi connectivity index (χ1n) is 10.2. The molecule has 0 spiro atoms. The van der Waals surface area contributed by atoms with Crippen LogP contribution in [0.3, 0.4) is 0 Å². The Bertz CT molecular complexity index is 1070. The van der Waals surface area contributed by atoms with Gasteiger partial charge in [-0.15, -0.1) is 0 Å². The summed E-state index contributed by atoms with van der Waals surface area (Å²) in [5.41, 5.74) is 1.81. The number of aromatic nitrogens is 2. The molecule has 2 N–H and O–H groups in total. The third-order valence-corrected chi connectivity index (χ3v) is 5.50. The highest BCUT2D eigenvalue weighted by Crippen LogP contribution is 2.31. The second-order valence-corrected chi connectivity index (χ2v) is 7.46. The number of methoxy groups -OCH3 is 1. The van der Waals surface area contributed by atoms with Crippen molar-refractivity contribution in [1.82, 2.24) is 15.3 Å². The normalized spacial score (nSPS) is 16.7. The van der Waals surface area contributed by atoms with Gasteiger partial charge in [0.1, 0.15) is 17.5 Å². The minimum atomic E-state index is -0.437. The summed E-state index contributed by atoms with van der Waals surface area (Å²) in [4.78, 5) is 21.5. The third kappa shape index (κ3) is 4.11. The van der Waals surface area contributed by atoms with Gasteiger partial charge >= 0.3 is 5.97 Å². The second kappa shape index (κ2) is 8.75. The first-order chi connectivity index (χ1) is 14.6. The van der Waals surface area contributed by atoms with Crippen LogP contribution in [-0.2, 0) is 11.2 Å². The first-order valence-corrected chi connectivity index (χ1v) is 10.2. The maximum atomic E-state index is 13.9. The zero-order valence-electron chi connectivity index (χ0n) is 17.1. The van der Waals surface area contributed by atoms with Gasteiger partial charge in [-0.05, 0) is 49.2 Å². The molecule has 0 amide bonds. The summed E-state index contributed by atoms with van der Waals surface area (Å²) >= 11 is 0. The number of benzene rings is 2. The largest absolute Gasteiger partial charge is 0.465 e. The molecule has 2 atom stereocenters. The molecule has 1 aliphatic heterocycles. The molecule has 6 nitrogen and oxygen atoms in total. The number of nitrogens with zero attached hydrogens (tertiary/aromatic N) is 2. The number of nitrogens with one attached hydrogen (secondary N) is 2. The maximum Gasteiger partial charge on any atom is 0.340 e. The van der Waals surface area contributed by atoms with Crippen LogP contribution in [0.4, 0.5) is 10.2 Å². The molecule has 7 heteroatoms. The predicted octanol–water partition coefficient (Wildman–Crippen LogP) is 4.02. The quantitative estimate of drug-likeness (QED) is 0.575. The number of aryl methyl sites for hydroxylation is 1. The minimum Gasteiger partial charge on any atom is -0.465 e. The van der Waals surface area contributed by atoms with Crippen molar-refractivity contribution < 1.29 is 13.9 Å². The fraction of sp³-hybridized carbons (Fsp3) is 0.348. The number of para-hydroxylation sites is 1. The molecular weight excluding hydrogens is 383 g/mol. The van der Waals surface area contributed by atoms with Crippen molar-refractivity contribution in [2.24, 2.45) is 0 Å². The van der Waals surface area contributed by atoms with Gasteiger partial charge in [0.25, 0.3) is 0 Å². The van der Waals surface area contributed by atoms with Gasteiger partial charge in [0.15, 0.2) is 0 Å². The number of esters is 1. The zero-order chi connectivity index (χ0) is 21.1. The second-order valence-electron chi connectivity index (χ2n) is 7.46. The van der Waals surface area contributed by atoms with Crippen molar-refractivity contribution in [3.8, 4) is 0 Å². The minimum absolute atomic E-state index is 0.136. The average Bonchev–Trinajstić information content (AvgIpc) is 2.74. The van der Waals surface area contributed by atoms with Crippen molar-refractivity contribution in [2.75, 3.05) is 19.0 Å². The molecular formula is C23H25FN4O2. The highest BCUT2D eigenvalue weighted by Gasteiger charge is 2.24. The van der Waals surface area contributed by atoms with Crippen molar-refractivity contribution in [2.45, 2.75) is 38.3 Å². The lowest BCUT2D eigenvalue weighted by molar-refractivity contribution is 0.0603. The van der Waals surface area contributed by atoms with Gasteiger partial charge in [0.05, 0.1) is 24.2 Å². The molecule has 0 radical (unpaired) electrons. The summed E-state index contributed by atoms with van der Waals surface area (Å²) < 4.78 is 18.9. The summed E-state index contributed by atoms with van der Waals surface area (Å²) in [7, 11) is 1.36. The van der Waals surface area contributed by atoms with Gasteiger partial charge in [0, 0.05) is 17.8 Å². The number of carbonyl (C=O) groups excluding carboxylic acids is 1. The number of carbonyl (C=O) groups is 1. The predicted molar refractivity (Wildman–Crippen MR) is 114 cm³/mol. The van der Waals surface area contributed by atoms with Gasteiger partial charge < -0.3 is 15.4 Å². The Morgan fingerprint density at radius 3 is 2.77 bits per heavy atom. The van der Waals surface area contributed by atoms with Crippen LogP contribution in [0.5, 0.6) is 0 Å². The van der Waals surface area contributed by atoms with Gasteiger partial charge in [-0.3, -0.25) is 0 Å². The van der Waals surface area contributed by atoms with E-state index in [-0.39, 0.29) is 11.9 Å². The van der Waals surface area contributed by atoms with Crippen molar-refractivity contribution in [3.63, 3.8) is 0 Å². The van der Waals surface area contributed by atoms with E-state index in [1.165, 1.54) is 13.2 Å². The van der Waals surface area contributed by atoms with Crippen LogP contribution >= 0.6 is 0 Å². The van der Waals surface area contributed by atoms with E-state index in [2.05, 4.69) is 15.6 Å². The standard InChI is InChI=1S/C23H25FN4O2/c1-3-20-27-21-17(8-5-9-18(21)23(29)30-2)22(28-20)26-19(13-16-10-11-25-16)14-6-4-7-15(24)12-14/h4-9,12,16,19,25H,3,10-11,13H2,1-2H3,(H,26,27,28)/t16?,19-/m0/s1. The van der Waals surface area contributed by atoms with Crippen LogP contribution in [0.1, 0.15) is 47.6 Å². The smallest absolute Gasteiger partial charge is 0.340 e. The molecule has 4 rings (SSSR count). The van der Waals surface area contributed by atoms with Crippen molar-refractivity contribution >= 4 is 22.7 Å². The van der Waals surface area contributed by atoms with Crippen LogP contribution < -0.4 is 10.6 Å². The van der Waals surface area contributed by atoms with Crippen LogP contribution in [0.2, 0.25) is 0 Å². The molecule has 0 bridgehead atoms. The lowest BCUT2D eigenvalue weighted by atomic mass is 9.93.